The monoisotopic (exact) mass is 231 g/mol. The fourth-order valence-corrected chi connectivity index (χ4v) is 1.55. The van der Waals surface area contributed by atoms with E-state index in [0.29, 0.717) is 5.56 Å². The van der Waals surface area contributed by atoms with Gasteiger partial charge in [0.25, 0.3) is 5.91 Å². The molecule has 17 heavy (non-hydrogen) atoms. The number of carbonyl (C=O) groups excluding carboxylic acids is 1. The van der Waals surface area contributed by atoms with Crippen LogP contribution in [0.4, 0.5) is 0 Å². The Morgan fingerprint density at radius 2 is 2.18 bits per heavy atom. The fourth-order valence-electron chi connectivity index (χ4n) is 1.55. The van der Waals surface area contributed by atoms with Crippen LogP contribution in [0, 0.1) is 17.2 Å². The fraction of sp³-hybridized carbons (Fsp3) is 0.273. The Morgan fingerprint density at radius 3 is 2.65 bits per heavy atom. The van der Waals surface area contributed by atoms with Crippen molar-refractivity contribution in [2.45, 2.75) is 0 Å². The van der Waals surface area contributed by atoms with Crippen LogP contribution in [0.3, 0.4) is 0 Å². The third-order valence-electron chi connectivity index (χ3n) is 2.63. The maximum absolute atomic E-state index is 11.8. The van der Waals surface area contributed by atoms with Crippen molar-refractivity contribution in [1.82, 2.24) is 9.88 Å². The average molecular weight is 231 g/mol. The van der Waals surface area contributed by atoms with Gasteiger partial charge in [0, 0.05) is 19.3 Å². The van der Waals surface area contributed by atoms with Crippen LogP contribution < -0.4 is 0 Å². The van der Waals surface area contributed by atoms with E-state index in [1.165, 1.54) is 23.2 Å². The van der Waals surface area contributed by atoms with Gasteiger partial charge in [-0.3, -0.25) is 9.59 Å². The third-order valence-corrected chi connectivity index (χ3v) is 2.63. The lowest BCUT2D eigenvalue weighted by Crippen LogP contribution is -2.53. The predicted octanol–water partition coefficient (Wildman–Crippen LogP) is 0.110. The van der Waals surface area contributed by atoms with Gasteiger partial charge in [-0.15, -0.1) is 0 Å². The normalized spacial score (nSPS) is 14.9. The van der Waals surface area contributed by atoms with E-state index in [2.05, 4.69) is 4.98 Å². The van der Waals surface area contributed by atoms with E-state index in [9.17, 15) is 9.59 Å². The number of aromatic nitrogens is 1. The Labute approximate surface area is 97.1 Å². The maximum Gasteiger partial charge on any atom is 0.310 e. The number of pyridine rings is 1. The number of carboxylic acids is 1. The molecule has 0 radical (unpaired) electrons. The molecule has 1 aromatic heterocycles. The molecule has 1 amide bonds. The number of carbonyl (C=O) groups is 2. The average Bonchev–Trinajstić information content (AvgIpc) is 2.26. The summed E-state index contributed by atoms with van der Waals surface area (Å²) < 4.78 is 0. The number of likely N-dealkylation sites (tertiary alicyclic amines) is 1. The van der Waals surface area contributed by atoms with Gasteiger partial charge in [0.15, 0.2) is 0 Å². The molecule has 1 aromatic rings. The van der Waals surface area contributed by atoms with Gasteiger partial charge in [-0.05, 0) is 12.1 Å². The second kappa shape index (κ2) is 4.22. The van der Waals surface area contributed by atoms with Crippen molar-refractivity contribution in [3.8, 4) is 6.07 Å². The lowest BCUT2D eigenvalue weighted by atomic mass is 10.00. The molecule has 6 nitrogen and oxygen atoms in total. The summed E-state index contributed by atoms with van der Waals surface area (Å²) in [5.41, 5.74) is 0.612. The lowest BCUT2D eigenvalue weighted by Gasteiger charge is -2.36. The molecule has 1 aliphatic heterocycles. The smallest absolute Gasteiger partial charge is 0.310 e. The minimum absolute atomic E-state index is 0.218. The highest BCUT2D eigenvalue weighted by molar-refractivity contribution is 5.93. The minimum atomic E-state index is -0.887. The molecular weight excluding hydrogens is 222 g/mol. The molecule has 1 saturated heterocycles. The highest BCUT2D eigenvalue weighted by Gasteiger charge is 2.36. The van der Waals surface area contributed by atoms with E-state index in [4.69, 9.17) is 10.4 Å². The first kappa shape index (κ1) is 11.1. The number of amides is 1. The zero-order valence-corrected chi connectivity index (χ0v) is 8.83. The van der Waals surface area contributed by atoms with Crippen LogP contribution in [0.25, 0.3) is 0 Å². The second-order valence-electron chi connectivity index (χ2n) is 3.79. The van der Waals surface area contributed by atoms with E-state index < -0.39 is 11.9 Å². The summed E-state index contributed by atoms with van der Waals surface area (Å²) in [6, 6.07) is 4.88. The molecule has 0 unspecified atom stereocenters. The SMILES string of the molecule is N#Cc1ccc(C(=O)N2CC(C(=O)O)C2)nc1. The van der Waals surface area contributed by atoms with Crippen LogP contribution >= 0.6 is 0 Å². The zero-order valence-electron chi connectivity index (χ0n) is 8.83. The van der Waals surface area contributed by atoms with Crippen LogP contribution in [-0.4, -0.2) is 40.0 Å². The number of aliphatic carboxylic acids is 1. The molecule has 1 fully saturated rings. The van der Waals surface area contributed by atoms with Gasteiger partial charge in [-0.1, -0.05) is 0 Å². The van der Waals surface area contributed by atoms with Crippen LogP contribution in [0.2, 0.25) is 0 Å². The summed E-state index contributed by atoms with van der Waals surface area (Å²) >= 11 is 0. The molecule has 6 heteroatoms. The highest BCUT2D eigenvalue weighted by atomic mass is 16.4. The quantitative estimate of drug-likeness (QED) is 0.779. The summed E-state index contributed by atoms with van der Waals surface area (Å²) in [6.07, 6.45) is 1.32. The number of hydrogen-bond donors (Lipinski definition) is 1. The van der Waals surface area contributed by atoms with Gasteiger partial charge in [0.05, 0.1) is 11.5 Å². The molecule has 1 N–H and O–H groups in total. The molecule has 0 atom stereocenters. The summed E-state index contributed by atoms with van der Waals surface area (Å²) in [4.78, 5) is 27.6. The zero-order chi connectivity index (χ0) is 12.4. The number of nitrogens with zero attached hydrogens (tertiary/aromatic N) is 3. The first-order valence-corrected chi connectivity index (χ1v) is 5.00. The number of carboxylic acid groups (broad SMARTS) is 1. The minimum Gasteiger partial charge on any atom is -0.481 e. The maximum atomic E-state index is 11.8. The second-order valence-corrected chi connectivity index (χ2v) is 3.79. The number of hydrogen-bond acceptors (Lipinski definition) is 4. The van der Waals surface area contributed by atoms with Crippen LogP contribution in [0.5, 0.6) is 0 Å². The first-order valence-electron chi connectivity index (χ1n) is 5.00. The Morgan fingerprint density at radius 1 is 1.47 bits per heavy atom. The molecule has 0 spiro atoms. The molecule has 0 aliphatic carbocycles. The molecule has 0 bridgehead atoms. The van der Waals surface area contributed by atoms with E-state index in [-0.39, 0.29) is 24.7 Å². The Hall–Kier alpha value is -2.42. The molecule has 86 valence electrons. The molecule has 2 rings (SSSR count). The van der Waals surface area contributed by atoms with E-state index in [1.807, 2.05) is 6.07 Å². The topological polar surface area (TPSA) is 94.3 Å². The summed E-state index contributed by atoms with van der Waals surface area (Å²) in [6.45, 7) is 0.436. The Bertz CT molecular complexity index is 498. The van der Waals surface area contributed by atoms with Gasteiger partial charge in [-0.25, -0.2) is 4.98 Å². The largest absolute Gasteiger partial charge is 0.481 e. The van der Waals surface area contributed by atoms with Crippen molar-refractivity contribution >= 4 is 11.9 Å². The summed E-state index contributed by atoms with van der Waals surface area (Å²) in [5.74, 6) is -1.66. The van der Waals surface area contributed by atoms with E-state index >= 15 is 0 Å². The molecule has 2 heterocycles. The summed E-state index contributed by atoms with van der Waals surface area (Å²) in [5, 5.41) is 17.3. The molecular formula is C11H9N3O3. The summed E-state index contributed by atoms with van der Waals surface area (Å²) in [7, 11) is 0. The van der Waals surface area contributed by atoms with E-state index in [1.54, 1.807) is 0 Å². The lowest BCUT2D eigenvalue weighted by molar-refractivity contribution is -0.146. The first-order chi connectivity index (χ1) is 8.11. The van der Waals surface area contributed by atoms with Crippen LogP contribution in [0.1, 0.15) is 16.1 Å². The van der Waals surface area contributed by atoms with Crippen molar-refractivity contribution in [3.05, 3.63) is 29.6 Å². The van der Waals surface area contributed by atoms with Gasteiger partial charge in [0.1, 0.15) is 11.8 Å². The van der Waals surface area contributed by atoms with Crippen molar-refractivity contribution in [1.29, 1.82) is 5.26 Å². The highest BCUT2D eigenvalue weighted by Crippen LogP contribution is 2.18. The van der Waals surface area contributed by atoms with Crippen molar-refractivity contribution in [3.63, 3.8) is 0 Å². The van der Waals surface area contributed by atoms with Crippen molar-refractivity contribution in [2.75, 3.05) is 13.1 Å². The molecule has 0 aromatic carbocycles. The number of rotatable bonds is 2. The van der Waals surface area contributed by atoms with E-state index in [0.717, 1.165) is 0 Å². The van der Waals surface area contributed by atoms with Crippen molar-refractivity contribution < 1.29 is 14.7 Å². The standard InChI is InChI=1S/C11H9N3O3/c12-3-7-1-2-9(13-4-7)10(15)14-5-8(6-14)11(16)17/h1-2,4,8H,5-6H2,(H,16,17). The van der Waals surface area contributed by atoms with Gasteiger partial charge < -0.3 is 10.0 Å². The predicted molar refractivity (Wildman–Crippen MR) is 56.0 cm³/mol. The van der Waals surface area contributed by atoms with Gasteiger partial charge in [-0.2, -0.15) is 5.26 Å². The van der Waals surface area contributed by atoms with Crippen LogP contribution in [0.15, 0.2) is 18.3 Å². The number of nitriles is 1. The van der Waals surface area contributed by atoms with Crippen molar-refractivity contribution in [2.24, 2.45) is 5.92 Å². The van der Waals surface area contributed by atoms with Gasteiger partial charge >= 0.3 is 5.97 Å². The molecule has 1 aliphatic rings. The van der Waals surface area contributed by atoms with Crippen LogP contribution in [-0.2, 0) is 4.79 Å². The third kappa shape index (κ3) is 2.08. The Balaban J connectivity index is 2.02. The molecule has 0 saturated carbocycles. The Kier molecular flexibility index (Phi) is 2.75. The van der Waals surface area contributed by atoms with Gasteiger partial charge in [0.2, 0.25) is 0 Å².